The minimum absolute atomic E-state index is 0.216. The van der Waals surface area contributed by atoms with Crippen molar-refractivity contribution < 1.29 is 27.4 Å². The van der Waals surface area contributed by atoms with E-state index in [1.165, 1.54) is 12.1 Å². The van der Waals surface area contributed by atoms with Crippen molar-refractivity contribution in [1.82, 2.24) is 4.98 Å². The number of Topliss-reactive ketones (excluding diaryl/α,β-unsaturated/α-hetero) is 1. The van der Waals surface area contributed by atoms with Crippen LogP contribution in [0.4, 0.5) is 29.1 Å². The maximum absolute atomic E-state index is 14.2. The minimum atomic E-state index is -4.49. The molecule has 0 aliphatic carbocycles. The van der Waals surface area contributed by atoms with Crippen LogP contribution in [0.3, 0.4) is 0 Å². The first-order chi connectivity index (χ1) is 14.1. The first kappa shape index (κ1) is 22.0. The number of hydrogen-bond donors (Lipinski definition) is 2. The number of para-hydroxylation sites is 1. The van der Waals surface area contributed by atoms with Crippen molar-refractivity contribution in [3.8, 4) is 6.07 Å². The summed E-state index contributed by atoms with van der Waals surface area (Å²) < 4.78 is 52.6. The summed E-state index contributed by atoms with van der Waals surface area (Å²) in [5.74, 6) is -1.93. The molecule has 11 heteroatoms. The fraction of sp³-hybridized carbons (Fsp3) is 0.316. The number of nitrogens with one attached hydrogen (secondary N) is 2. The number of quaternary nitrogens is 1. The van der Waals surface area contributed by atoms with Gasteiger partial charge in [0.15, 0.2) is 17.7 Å². The lowest BCUT2D eigenvalue weighted by atomic mass is 9.98. The molecule has 0 saturated heterocycles. The van der Waals surface area contributed by atoms with Gasteiger partial charge in [-0.05, 0) is 18.6 Å². The second-order valence-corrected chi connectivity index (χ2v) is 7.18. The van der Waals surface area contributed by atoms with Crippen molar-refractivity contribution in [3.05, 3.63) is 57.6 Å². The van der Waals surface area contributed by atoms with Gasteiger partial charge in [-0.3, -0.25) is 4.79 Å². The highest BCUT2D eigenvalue weighted by Crippen LogP contribution is 2.28. The Morgan fingerprint density at radius 2 is 2.07 bits per heavy atom. The molecule has 0 amide bonds. The van der Waals surface area contributed by atoms with Gasteiger partial charge in [0.25, 0.3) is 0 Å². The van der Waals surface area contributed by atoms with E-state index in [4.69, 9.17) is 16.9 Å². The average molecular weight is 443 g/mol. The Hall–Kier alpha value is -2.74. The summed E-state index contributed by atoms with van der Waals surface area (Å²) in [6, 6.07) is 6.32. The molecule has 3 atom stereocenters. The predicted octanol–water partition coefficient (Wildman–Crippen LogP) is 3.54. The van der Waals surface area contributed by atoms with E-state index in [2.05, 4.69) is 10.3 Å². The predicted molar refractivity (Wildman–Crippen MR) is 99.8 cm³/mol. The largest absolute Gasteiger partial charge is 0.628 e. The molecule has 30 heavy (non-hydrogen) atoms. The van der Waals surface area contributed by atoms with E-state index in [0.717, 1.165) is 6.07 Å². The number of hydroxylamine groups is 1. The van der Waals surface area contributed by atoms with Crippen molar-refractivity contribution in [2.24, 2.45) is 0 Å². The van der Waals surface area contributed by atoms with Gasteiger partial charge in [0.1, 0.15) is 16.9 Å². The first-order valence-electron chi connectivity index (χ1n) is 8.87. The molecular formula is C19H15ClF4N4O2. The number of anilines is 1. The van der Waals surface area contributed by atoms with Crippen LogP contribution in [0.5, 0.6) is 0 Å². The topological polar surface area (TPSA) is 93.3 Å². The van der Waals surface area contributed by atoms with E-state index in [-0.39, 0.29) is 28.4 Å². The monoisotopic (exact) mass is 442 g/mol. The fourth-order valence-electron chi connectivity index (χ4n) is 3.33. The van der Waals surface area contributed by atoms with Crippen LogP contribution >= 0.6 is 11.6 Å². The van der Waals surface area contributed by atoms with Crippen LogP contribution in [0.1, 0.15) is 35.2 Å². The molecule has 1 aliphatic heterocycles. The van der Waals surface area contributed by atoms with Crippen molar-refractivity contribution in [2.75, 3.05) is 5.32 Å². The molecule has 0 saturated carbocycles. The SMILES string of the molecule is N#Cc1cc(F)c(NC(CCC(F)(F)F)CC2C(=O)c3ccccc3[NH+]2[O-])nc1Cl. The number of carbonyl (C=O) groups excluding carboxylic acids is 1. The Bertz CT molecular complexity index is 1010. The molecular weight excluding hydrogens is 428 g/mol. The van der Waals surface area contributed by atoms with Crippen LogP contribution in [0, 0.1) is 22.4 Å². The summed E-state index contributed by atoms with van der Waals surface area (Å²) in [4.78, 5) is 16.3. The van der Waals surface area contributed by atoms with E-state index in [0.29, 0.717) is 0 Å². The van der Waals surface area contributed by atoms with E-state index in [1.54, 1.807) is 18.2 Å². The number of nitrogens with zero attached hydrogens (tertiary/aromatic N) is 2. The minimum Gasteiger partial charge on any atom is -0.628 e. The third-order valence-electron chi connectivity index (χ3n) is 4.78. The van der Waals surface area contributed by atoms with Crippen LogP contribution in [0.2, 0.25) is 5.15 Å². The van der Waals surface area contributed by atoms with Gasteiger partial charge in [0.2, 0.25) is 5.78 Å². The summed E-state index contributed by atoms with van der Waals surface area (Å²) >= 11 is 5.78. The maximum atomic E-state index is 14.2. The zero-order valence-electron chi connectivity index (χ0n) is 15.3. The van der Waals surface area contributed by atoms with Crippen LogP contribution < -0.4 is 10.4 Å². The highest BCUT2D eigenvalue weighted by molar-refractivity contribution is 6.30. The lowest BCUT2D eigenvalue weighted by Crippen LogP contribution is -3.05. The smallest absolute Gasteiger partial charge is 0.389 e. The molecule has 1 aromatic carbocycles. The third-order valence-corrected chi connectivity index (χ3v) is 5.07. The molecule has 1 aromatic heterocycles. The van der Waals surface area contributed by atoms with Crippen molar-refractivity contribution >= 4 is 28.9 Å². The molecule has 0 fully saturated rings. The number of pyridine rings is 1. The van der Waals surface area contributed by atoms with Gasteiger partial charge in [-0.1, -0.05) is 23.7 Å². The van der Waals surface area contributed by atoms with Crippen molar-refractivity contribution in [1.29, 1.82) is 5.26 Å². The van der Waals surface area contributed by atoms with E-state index >= 15 is 0 Å². The van der Waals surface area contributed by atoms with Crippen LogP contribution in [-0.2, 0) is 0 Å². The third kappa shape index (κ3) is 4.70. The molecule has 3 unspecified atom stereocenters. The highest BCUT2D eigenvalue weighted by Gasteiger charge is 2.40. The summed E-state index contributed by atoms with van der Waals surface area (Å²) in [7, 11) is 0. The zero-order valence-corrected chi connectivity index (χ0v) is 16.0. The number of aromatic nitrogens is 1. The Labute approximate surface area is 173 Å². The Morgan fingerprint density at radius 3 is 2.70 bits per heavy atom. The zero-order chi connectivity index (χ0) is 22.1. The van der Waals surface area contributed by atoms with E-state index < -0.39 is 53.6 Å². The second kappa shape index (κ2) is 8.55. The number of halogens is 5. The molecule has 0 radical (unpaired) electrons. The number of hydrogen-bond acceptors (Lipinski definition) is 5. The molecule has 2 N–H and O–H groups in total. The standard InChI is InChI=1S/C19H15ClF4N4O2/c20-17-10(9-25)7-13(21)18(27-17)26-11(5-6-19(22,23)24)8-15-16(29)12-3-1-2-4-14(12)28(15)30/h1-4,7,11,15,28H,5-6,8H2,(H,26,27). The van der Waals surface area contributed by atoms with Gasteiger partial charge in [-0.15, -0.1) is 0 Å². The molecule has 6 nitrogen and oxygen atoms in total. The van der Waals surface area contributed by atoms with Crippen LogP contribution in [0.25, 0.3) is 0 Å². The van der Waals surface area contributed by atoms with Gasteiger partial charge in [0.05, 0.1) is 11.1 Å². The lowest BCUT2D eigenvalue weighted by Gasteiger charge is -2.28. The van der Waals surface area contributed by atoms with E-state index in [1.807, 2.05) is 0 Å². The quantitative estimate of drug-likeness (QED) is 0.405. The first-order valence-corrected chi connectivity index (χ1v) is 9.25. The summed E-state index contributed by atoms with van der Waals surface area (Å²) in [5, 5.41) is 23.2. The summed E-state index contributed by atoms with van der Waals surface area (Å²) in [6.07, 6.45) is -6.49. The number of alkyl halides is 3. The lowest BCUT2D eigenvalue weighted by molar-refractivity contribution is -0.790. The maximum Gasteiger partial charge on any atom is 0.389 e. The van der Waals surface area contributed by atoms with E-state index in [9.17, 15) is 27.6 Å². The van der Waals surface area contributed by atoms with Crippen LogP contribution in [0.15, 0.2) is 30.3 Å². The number of nitriles is 1. The fourth-order valence-corrected chi connectivity index (χ4v) is 3.51. The van der Waals surface area contributed by atoms with Crippen molar-refractivity contribution in [2.45, 2.75) is 37.5 Å². The molecule has 1 aliphatic rings. The number of rotatable bonds is 6. The van der Waals surface area contributed by atoms with Gasteiger partial charge in [-0.25, -0.2) is 9.37 Å². The normalized spacial score (nSPS) is 19.3. The molecule has 2 heterocycles. The highest BCUT2D eigenvalue weighted by atomic mass is 35.5. The summed E-state index contributed by atoms with van der Waals surface area (Å²) in [6.45, 7) is 0. The number of carbonyl (C=O) groups is 1. The Balaban J connectivity index is 1.84. The molecule has 158 valence electrons. The van der Waals surface area contributed by atoms with Gasteiger partial charge in [0, 0.05) is 24.9 Å². The summed E-state index contributed by atoms with van der Waals surface area (Å²) in [5.41, 5.74) is 0.198. The number of benzene rings is 1. The van der Waals surface area contributed by atoms with Gasteiger partial charge in [-0.2, -0.15) is 18.4 Å². The molecule has 0 bridgehead atoms. The Kier molecular flexibility index (Phi) is 6.26. The van der Waals surface area contributed by atoms with Crippen molar-refractivity contribution in [3.63, 3.8) is 0 Å². The van der Waals surface area contributed by atoms with Gasteiger partial charge < -0.3 is 15.6 Å². The molecule has 2 aromatic rings. The number of fused-ring (bicyclic) bond motifs is 1. The second-order valence-electron chi connectivity index (χ2n) is 6.83. The average Bonchev–Trinajstić information content (AvgIpc) is 2.93. The number of ketones is 1. The molecule has 0 spiro atoms. The van der Waals surface area contributed by atoms with Gasteiger partial charge >= 0.3 is 6.18 Å². The van der Waals surface area contributed by atoms with Crippen LogP contribution in [-0.4, -0.2) is 29.0 Å². The Morgan fingerprint density at radius 1 is 1.37 bits per heavy atom. The molecule has 3 rings (SSSR count).